The lowest BCUT2D eigenvalue weighted by molar-refractivity contribution is -0.146. The van der Waals surface area contributed by atoms with Crippen molar-refractivity contribution >= 4 is 11.8 Å². The smallest absolute Gasteiger partial charge is 0.307 e. The fraction of sp³-hybridized carbons (Fsp3) is 0.304. The van der Waals surface area contributed by atoms with Crippen LogP contribution in [-0.2, 0) is 16.0 Å². The second-order valence-corrected chi connectivity index (χ2v) is 7.27. The zero-order chi connectivity index (χ0) is 21.8. The van der Waals surface area contributed by atoms with Crippen LogP contribution in [0, 0.1) is 26.6 Å². The molecule has 0 saturated heterocycles. The van der Waals surface area contributed by atoms with Gasteiger partial charge in [-0.15, -0.1) is 0 Å². The van der Waals surface area contributed by atoms with Gasteiger partial charge in [0, 0.05) is 17.5 Å². The zero-order valence-electron chi connectivity index (χ0n) is 17.4. The van der Waals surface area contributed by atoms with Gasteiger partial charge in [0.2, 0.25) is 17.5 Å². The number of hydrogen-bond donors (Lipinski definition) is 0. The van der Waals surface area contributed by atoms with Gasteiger partial charge < -0.3 is 9.26 Å². The average Bonchev–Trinajstić information content (AvgIpc) is 3.18. The minimum Gasteiger partial charge on any atom is -0.454 e. The van der Waals surface area contributed by atoms with Crippen molar-refractivity contribution in [1.29, 1.82) is 0 Å². The molecule has 1 aromatic heterocycles. The fourth-order valence-corrected chi connectivity index (χ4v) is 3.04. The number of hydrogen-bond acceptors (Lipinski definition) is 6. The SMILES string of the molecule is Cc1cc(C)c(C(=O)C(C)OC(=O)CCc2nc(-c3ccc(F)cc3)no2)cc1C. The van der Waals surface area contributed by atoms with E-state index in [9.17, 15) is 14.0 Å². The van der Waals surface area contributed by atoms with E-state index in [1.165, 1.54) is 12.1 Å². The van der Waals surface area contributed by atoms with Gasteiger partial charge >= 0.3 is 5.97 Å². The van der Waals surface area contributed by atoms with Crippen molar-refractivity contribution in [3.05, 3.63) is 70.4 Å². The maximum atomic E-state index is 13.0. The standard InChI is InChI=1S/C23H23FN2O4/c1-13-11-15(3)19(12-14(13)2)22(28)16(4)29-21(27)10-9-20-25-23(26-30-20)17-5-7-18(24)8-6-17/h5-8,11-12,16H,9-10H2,1-4H3. The quantitative estimate of drug-likeness (QED) is 0.420. The van der Waals surface area contributed by atoms with E-state index in [0.717, 1.165) is 16.7 Å². The van der Waals surface area contributed by atoms with Crippen LogP contribution in [0.2, 0.25) is 0 Å². The van der Waals surface area contributed by atoms with Crippen molar-refractivity contribution < 1.29 is 23.2 Å². The molecule has 156 valence electrons. The summed E-state index contributed by atoms with van der Waals surface area (Å²) < 4.78 is 23.4. The number of carbonyl (C=O) groups excluding carboxylic acids is 2. The number of Topliss-reactive ketones (excluding diaryl/α,β-unsaturated/α-hetero) is 1. The summed E-state index contributed by atoms with van der Waals surface area (Å²) in [4.78, 5) is 29.1. The molecule has 0 fully saturated rings. The lowest BCUT2D eigenvalue weighted by Crippen LogP contribution is -2.25. The number of aromatic nitrogens is 2. The van der Waals surface area contributed by atoms with Gasteiger partial charge in [0.05, 0.1) is 6.42 Å². The van der Waals surface area contributed by atoms with E-state index in [2.05, 4.69) is 10.1 Å². The number of halogens is 1. The molecule has 0 saturated carbocycles. The molecular formula is C23H23FN2O4. The summed E-state index contributed by atoms with van der Waals surface area (Å²) in [6.45, 7) is 7.35. The topological polar surface area (TPSA) is 82.3 Å². The molecule has 6 nitrogen and oxygen atoms in total. The van der Waals surface area contributed by atoms with E-state index in [-0.39, 0.29) is 30.3 Å². The molecule has 2 aromatic carbocycles. The first kappa shape index (κ1) is 21.4. The van der Waals surface area contributed by atoms with Crippen molar-refractivity contribution in [2.24, 2.45) is 0 Å². The first-order chi connectivity index (χ1) is 14.2. The van der Waals surface area contributed by atoms with Gasteiger partial charge in [0.15, 0.2) is 6.10 Å². The number of esters is 1. The number of ketones is 1. The van der Waals surface area contributed by atoms with E-state index < -0.39 is 12.1 Å². The predicted molar refractivity (Wildman–Crippen MR) is 109 cm³/mol. The van der Waals surface area contributed by atoms with Gasteiger partial charge in [0.1, 0.15) is 5.82 Å². The Labute approximate surface area is 174 Å². The lowest BCUT2D eigenvalue weighted by atomic mass is 9.96. The minimum atomic E-state index is -0.893. The van der Waals surface area contributed by atoms with E-state index in [1.807, 2.05) is 32.9 Å². The van der Waals surface area contributed by atoms with Crippen LogP contribution < -0.4 is 0 Å². The summed E-state index contributed by atoms with van der Waals surface area (Å²) in [6, 6.07) is 9.47. The molecule has 1 atom stereocenters. The van der Waals surface area contributed by atoms with Crippen LogP contribution in [0.25, 0.3) is 11.4 Å². The first-order valence-corrected chi connectivity index (χ1v) is 9.64. The zero-order valence-corrected chi connectivity index (χ0v) is 17.4. The van der Waals surface area contributed by atoms with Crippen molar-refractivity contribution in [2.75, 3.05) is 0 Å². The predicted octanol–water partition coefficient (Wildman–Crippen LogP) is 4.55. The molecule has 30 heavy (non-hydrogen) atoms. The monoisotopic (exact) mass is 410 g/mol. The Morgan fingerprint density at radius 2 is 1.73 bits per heavy atom. The third kappa shape index (κ3) is 4.97. The van der Waals surface area contributed by atoms with E-state index >= 15 is 0 Å². The van der Waals surface area contributed by atoms with Gasteiger partial charge in [0.25, 0.3) is 0 Å². The Kier molecular flexibility index (Phi) is 6.40. The summed E-state index contributed by atoms with van der Waals surface area (Å²) in [5, 5.41) is 3.83. The number of aryl methyl sites for hydroxylation is 4. The Morgan fingerprint density at radius 3 is 2.43 bits per heavy atom. The van der Waals surface area contributed by atoms with E-state index in [1.54, 1.807) is 19.1 Å². The van der Waals surface area contributed by atoms with Crippen molar-refractivity contribution in [1.82, 2.24) is 10.1 Å². The molecular weight excluding hydrogens is 387 g/mol. The second kappa shape index (κ2) is 8.98. The number of rotatable bonds is 7. The van der Waals surface area contributed by atoms with Gasteiger partial charge in [-0.2, -0.15) is 4.98 Å². The Bertz CT molecular complexity index is 1070. The highest BCUT2D eigenvalue weighted by atomic mass is 19.1. The van der Waals surface area contributed by atoms with Crippen LogP contribution in [0.5, 0.6) is 0 Å². The van der Waals surface area contributed by atoms with Crippen LogP contribution in [0.3, 0.4) is 0 Å². The number of nitrogens with zero attached hydrogens (tertiary/aromatic N) is 2. The normalized spacial score (nSPS) is 11.9. The maximum Gasteiger partial charge on any atom is 0.307 e. The summed E-state index contributed by atoms with van der Waals surface area (Å²) in [5.41, 5.74) is 4.13. The molecule has 0 spiro atoms. The van der Waals surface area contributed by atoms with Crippen LogP contribution in [0.15, 0.2) is 40.9 Å². The van der Waals surface area contributed by atoms with Crippen molar-refractivity contribution in [3.8, 4) is 11.4 Å². The van der Waals surface area contributed by atoms with Gasteiger partial charge in [-0.25, -0.2) is 4.39 Å². The first-order valence-electron chi connectivity index (χ1n) is 9.64. The molecule has 1 heterocycles. The minimum absolute atomic E-state index is 0.00538. The average molecular weight is 410 g/mol. The molecule has 0 bridgehead atoms. The summed E-state index contributed by atoms with van der Waals surface area (Å²) in [7, 11) is 0. The number of benzene rings is 2. The highest BCUT2D eigenvalue weighted by molar-refractivity contribution is 6.01. The lowest BCUT2D eigenvalue weighted by Gasteiger charge is -2.15. The van der Waals surface area contributed by atoms with Crippen LogP contribution >= 0.6 is 0 Å². The summed E-state index contributed by atoms with van der Waals surface area (Å²) >= 11 is 0. The molecule has 0 N–H and O–H groups in total. The third-order valence-electron chi connectivity index (χ3n) is 4.90. The number of ether oxygens (including phenoxy) is 1. The van der Waals surface area contributed by atoms with Gasteiger partial charge in [-0.05, 0) is 74.7 Å². The van der Waals surface area contributed by atoms with E-state index in [4.69, 9.17) is 9.26 Å². The molecule has 0 aliphatic rings. The van der Waals surface area contributed by atoms with Crippen LogP contribution in [0.4, 0.5) is 4.39 Å². The molecule has 3 aromatic rings. The maximum absolute atomic E-state index is 13.0. The largest absolute Gasteiger partial charge is 0.454 e. The van der Waals surface area contributed by atoms with Crippen LogP contribution in [0.1, 0.15) is 46.3 Å². The van der Waals surface area contributed by atoms with Crippen molar-refractivity contribution in [2.45, 2.75) is 46.6 Å². The summed E-state index contributed by atoms with van der Waals surface area (Å²) in [5.74, 6) is -0.550. The molecule has 3 rings (SSSR count). The molecule has 1 unspecified atom stereocenters. The molecule has 7 heteroatoms. The molecule has 0 radical (unpaired) electrons. The molecule has 0 amide bonds. The number of carbonyl (C=O) groups is 2. The fourth-order valence-electron chi connectivity index (χ4n) is 3.04. The Balaban J connectivity index is 1.56. The molecule has 0 aliphatic heterocycles. The summed E-state index contributed by atoms with van der Waals surface area (Å²) in [6.07, 6.45) is -0.721. The van der Waals surface area contributed by atoms with Crippen LogP contribution in [-0.4, -0.2) is 28.0 Å². The highest BCUT2D eigenvalue weighted by Crippen LogP contribution is 2.19. The molecule has 0 aliphatic carbocycles. The Hall–Kier alpha value is -3.35. The van der Waals surface area contributed by atoms with Gasteiger partial charge in [-0.1, -0.05) is 11.2 Å². The highest BCUT2D eigenvalue weighted by Gasteiger charge is 2.22. The van der Waals surface area contributed by atoms with Gasteiger partial charge in [-0.3, -0.25) is 9.59 Å². The van der Waals surface area contributed by atoms with E-state index in [0.29, 0.717) is 17.0 Å². The third-order valence-corrected chi connectivity index (χ3v) is 4.90. The van der Waals surface area contributed by atoms with Crippen molar-refractivity contribution in [3.63, 3.8) is 0 Å². The Morgan fingerprint density at radius 1 is 1.07 bits per heavy atom. The second-order valence-electron chi connectivity index (χ2n) is 7.27.